The third-order valence-corrected chi connectivity index (χ3v) is 5.91. The number of nitrogens with zero attached hydrogens (tertiary/aromatic N) is 1. The van der Waals surface area contributed by atoms with Gasteiger partial charge < -0.3 is 25.5 Å². The first-order valence-corrected chi connectivity index (χ1v) is 9.98. The highest BCUT2D eigenvalue weighted by atomic mass is 19.3. The fraction of sp³-hybridized carbons (Fsp3) is 0.273. The smallest absolute Gasteiger partial charge is 0.387 e. The molecule has 0 unspecified atom stereocenters. The van der Waals surface area contributed by atoms with Crippen LogP contribution >= 0.6 is 0 Å². The fourth-order valence-corrected chi connectivity index (χ4v) is 4.28. The Morgan fingerprint density at radius 1 is 1.25 bits per heavy atom. The molecular weight excluding hydrogens is 427 g/mol. The molecule has 0 saturated heterocycles. The van der Waals surface area contributed by atoms with E-state index in [4.69, 9.17) is 10.5 Å². The maximum Gasteiger partial charge on any atom is 0.387 e. The van der Waals surface area contributed by atoms with Crippen molar-refractivity contribution in [1.29, 1.82) is 0 Å². The summed E-state index contributed by atoms with van der Waals surface area (Å²) in [4.78, 5) is 24.5. The van der Waals surface area contributed by atoms with Crippen LogP contribution in [-0.2, 0) is 13.1 Å². The predicted octanol–water partition coefficient (Wildman–Crippen LogP) is 3.63. The van der Waals surface area contributed by atoms with Gasteiger partial charge in [-0.2, -0.15) is 8.78 Å². The van der Waals surface area contributed by atoms with E-state index in [9.17, 15) is 23.5 Å². The van der Waals surface area contributed by atoms with E-state index in [2.05, 4.69) is 5.32 Å². The van der Waals surface area contributed by atoms with E-state index >= 15 is 4.39 Å². The number of aromatic nitrogens is 1. The minimum absolute atomic E-state index is 0.129. The average Bonchev–Trinajstić information content (AvgIpc) is 3.47. The zero-order chi connectivity index (χ0) is 22.7. The van der Waals surface area contributed by atoms with Crippen molar-refractivity contribution < 1.29 is 27.8 Å². The molecule has 1 fully saturated rings. The van der Waals surface area contributed by atoms with E-state index in [-0.39, 0.29) is 22.7 Å². The summed E-state index contributed by atoms with van der Waals surface area (Å²) in [5, 5.41) is 12.1. The van der Waals surface area contributed by atoms with Gasteiger partial charge in [0.05, 0.1) is 22.2 Å². The normalized spacial score (nSPS) is 15.4. The number of carboxylic acids is 1. The van der Waals surface area contributed by atoms with Gasteiger partial charge in [-0.1, -0.05) is 12.1 Å². The number of carbonyl (C=O) groups is 1. The van der Waals surface area contributed by atoms with Crippen LogP contribution in [-0.4, -0.2) is 22.3 Å². The molecule has 1 aliphatic heterocycles. The number of ether oxygens (including phenoxy) is 1. The van der Waals surface area contributed by atoms with Gasteiger partial charge in [-0.15, -0.1) is 0 Å². The van der Waals surface area contributed by atoms with E-state index in [0.717, 1.165) is 17.3 Å². The molecule has 0 atom stereocenters. The number of nitrogen functional groups attached to an aromatic ring is 1. The molecule has 0 bridgehead atoms. The Labute approximate surface area is 179 Å². The topological polar surface area (TPSA) is 107 Å². The SMILES string of the molecule is Nc1c(F)c(-c2ccc3c(c2)CNC3)c(OC(F)F)c2c1c(=O)c(C(=O)O)cn2C1CC1. The van der Waals surface area contributed by atoms with Crippen molar-refractivity contribution in [3.63, 3.8) is 0 Å². The number of nitrogens with two attached hydrogens (primary N) is 1. The molecule has 1 aliphatic carbocycles. The number of pyridine rings is 1. The summed E-state index contributed by atoms with van der Waals surface area (Å²) in [7, 11) is 0. The van der Waals surface area contributed by atoms with Crippen molar-refractivity contribution in [2.45, 2.75) is 38.6 Å². The third kappa shape index (κ3) is 3.10. The Morgan fingerprint density at radius 2 is 1.97 bits per heavy atom. The number of carboxylic acid groups (broad SMARTS) is 1. The molecule has 10 heteroatoms. The van der Waals surface area contributed by atoms with E-state index in [1.165, 1.54) is 4.57 Å². The first-order valence-electron chi connectivity index (χ1n) is 9.98. The van der Waals surface area contributed by atoms with Crippen LogP contribution in [0, 0.1) is 5.82 Å². The van der Waals surface area contributed by atoms with Crippen molar-refractivity contribution >= 4 is 22.6 Å². The largest absolute Gasteiger partial charge is 0.477 e. The van der Waals surface area contributed by atoms with Crippen LogP contribution in [0.4, 0.5) is 18.9 Å². The Morgan fingerprint density at radius 3 is 2.62 bits per heavy atom. The van der Waals surface area contributed by atoms with Crippen molar-refractivity contribution in [3.05, 3.63) is 57.1 Å². The first kappa shape index (κ1) is 20.4. The van der Waals surface area contributed by atoms with Crippen molar-refractivity contribution in [2.24, 2.45) is 0 Å². The lowest BCUT2D eigenvalue weighted by Crippen LogP contribution is -2.21. The second kappa shape index (κ2) is 7.27. The highest BCUT2D eigenvalue weighted by Crippen LogP contribution is 2.46. The number of anilines is 1. The molecule has 3 aromatic rings. The van der Waals surface area contributed by atoms with Gasteiger partial charge in [-0.3, -0.25) is 4.79 Å². The molecule has 166 valence electrons. The number of hydrogen-bond donors (Lipinski definition) is 3. The monoisotopic (exact) mass is 445 g/mol. The van der Waals surface area contributed by atoms with Gasteiger partial charge in [0.15, 0.2) is 11.6 Å². The zero-order valence-electron chi connectivity index (χ0n) is 16.6. The fourth-order valence-electron chi connectivity index (χ4n) is 4.28. The summed E-state index contributed by atoms with van der Waals surface area (Å²) in [6.07, 6.45) is 2.38. The van der Waals surface area contributed by atoms with E-state index in [1.807, 2.05) is 0 Å². The van der Waals surface area contributed by atoms with E-state index < -0.39 is 46.2 Å². The minimum atomic E-state index is -3.31. The van der Waals surface area contributed by atoms with Crippen LogP contribution in [0.15, 0.2) is 29.2 Å². The van der Waals surface area contributed by atoms with Gasteiger partial charge in [-0.25, -0.2) is 9.18 Å². The van der Waals surface area contributed by atoms with Crippen LogP contribution in [0.2, 0.25) is 0 Å². The maximum absolute atomic E-state index is 15.6. The Hall–Kier alpha value is -3.53. The number of alkyl halides is 2. The number of halogens is 3. The summed E-state index contributed by atoms with van der Waals surface area (Å²) in [5.74, 6) is -3.16. The Kier molecular flexibility index (Phi) is 4.63. The van der Waals surface area contributed by atoms with E-state index in [1.54, 1.807) is 18.2 Å². The number of hydrogen-bond acceptors (Lipinski definition) is 5. The Balaban J connectivity index is 1.92. The van der Waals surface area contributed by atoms with Crippen LogP contribution in [0.1, 0.15) is 40.4 Å². The van der Waals surface area contributed by atoms with Crippen molar-refractivity contribution in [1.82, 2.24) is 9.88 Å². The quantitative estimate of drug-likeness (QED) is 0.518. The summed E-state index contributed by atoms with van der Waals surface area (Å²) in [5.41, 5.74) is 5.45. The van der Waals surface area contributed by atoms with Crippen molar-refractivity contribution in [2.75, 3.05) is 5.73 Å². The van der Waals surface area contributed by atoms with Gasteiger partial charge in [0.1, 0.15) is 5.56 Å². The van der Waals surface area contributed by atoms with Gasteiger partial charge in [-0.05, 0) is 35.6 Å². The zero-order valence-corrected chi connectivity index (χ0v) is 16.6. The highest BCUT2D eigenvalue weighted by molar-refractivity contribution is 6.04. The molecule has 0 radical (unpaired) electrons. The second-order valence-corrected chi connectivity index (χ2v) is 7.94. The molecule has 2 heterocycles. The number of aromatic carboxylic acids is 1. The van der Waals surface area contributed by atoms with Crippen LogP contribution in [0.5, 0.6) is 5.75 Å². The summed E-state index contributed by atoms with van der Waals surface area (Å²) in [6.45, 7) is -2.14. The Bertz CT molecular complexity index is 1350. The molecular formula is C22H18F3N3O4. The highest BCUT2D eigenvalue weighted by Gasteiger charge is 2.33. The number of benzene rings is 2. The van der Waals surface area contributed by atoms with Gasteiger partial charge in [0, 0.05) is 25.3 Å². The summed E-state index contributed by atoms with van der Waals surface area (Å²) in [6, 6.07) is 4.78. The van der Waals surface area contributed by atoms with Crippen LogP contribution in [0.3, 0.4) is 0 Å². The van der Waals surface area contributed by atoms with Gasteiger partial charge >= 0.3 is 12.6 Å². The molecule has 1 aromatic heterocycles. The van der Waals surface area contributed by atoms with E-state index in [0.29, 0.717) is 25.9 Å². The van der Waals surface area contributed by atoms with Crippen LogP contribution in [0.25, 0.3) is 22.0 Å². The maximum atomic E-state index is 15.6. The van der Waals surface area contributed by atoms with Gasteiger partial charge in [0.25, 0.3) is 0 Å². The number of nitrogens with one attached hydrogen (secondary N) is 1. The number of rotatable bonds is 5. The molecule has 2 aliphatic rings. The standard InChI is InChI=1S/C22H18F3N3O4/c23-16-14(9-1-2-10-6-27-7-11(10)5-9)20(32-22(24)25)18-15(17(16)26)19(29)13(21(30)31)8-28(18)12-3-4-12/h1-2,5,8,12,22,27H,3-4,6-7,26H2,(H,30,31). The van der Waals surface area contributed by atoms with Crippen LogP contribution < -0.4 is 21.2 Å². The predicted molar refractivity (Wildman–Crippen MR) is 110 cm³/mol. The molecule has 2 aromatic carbocycles. The molecule has 0 amide bonds. The number of fused-ring (bicyclic) bond motifs is 2. The molecule has 7 nitrogen and oxygen atoms in total. The molecule has 1 saturated carbocycles. The third-order valence-electron chi connectivity index (χ3n) is 5.91. The van der Waals surface area contributed by atoms with Gasteiger partial charge in [0.2, 0.25) is 5.43 Å². The molecule has 4 N–H and O–H groups in total. The summed E-state index contributed by atoms with van der Waals surface area (Å²) < 4.78 is 48.7. The molecule has 0 spiro atoms. The van der Waals surface area contributed by atoms with Crippen molar-refractivity contribution in [3.8, 4) is 16.9 Å². The molecule has 5 rings (SSSR count). The average molecular weight is 445 g/mol. The second-order valence-electron chi connectivity index (χ2n) is 7.94. The lowest BCUT2D eigenvalue weighted by molar-refractivity contribution is -0.0487. The first-order chi connectivity index (χ1) is 15.3. The summed E-state index contributed by atoms with van der Waals surface area (Å²) >= 11 is 0. The lowest BCUT2D eigenvalue weighted by atomic mass is 9.96. The lowest BCUT2D eigenvalue weighted by Gasteiger charge is -2.21. The minimum Gasteiger partial charge on any atom is -0.477 e. The molecule has 32 heavy (non-hydrogen) atoms.